The van der Waals surface area contributed by atoms with E-state index in [0.717, 1.165) is 0 Å². The fourth-order valence-corrected chi connectivity index (χ4v) is 1.46. The molecule has 0 radical (unpaired) electrons. The van der Waals surface area contributed by atoms with Crippen molar-refractivity contribution < 1.29 is 18.8 Å². The first-order valence-electron chi connectivity index (χ1n) is 5.52. The third-order valence-electron chi connectivity index (χ3n) is 2.33. The summed E-state index contributed by atoms with van der Waals surface area (Å²) in [5.41, 5.74) is 17.3. The third kappa shape index (κ3) is 3.26. The molecule has 0 fully saturated rings. The van der Waals surface area contributed by atoms with Crippen LogP contribution < -0.4 is 21.9 Å². The number of benzene rings is 1. The third-order valence-corrected chi connectivity index (χ3v) is 2.33. The Morgan fingerprint density at radius 2 is 2.21 bits per heavy atom. The summed E-state index contributed by atoms with van der Waals surface area (Å²) in [6.45, 7) is 0.0664. The zero-order valence-electron chi connectivity index (χ0n) is 10.0. The van der Waals surface area contributed by atoms with E-state index in [4.69, 9.17) is 26.5 Å². The van der Waals surface area contributed by atoms with Crippen molar-refractivity contribution in [3.63, 3.8) is 0 Å². The number of ether oxygens (including phenoxy) is 2. The summed E-state index contributed by atoms with van der Waals surface area (Å²) in [6.07, 6.45) is -0.880. The number of hydrogen-bond donors (Lipinski definition) is 3. The van der Waals surface area contributed by atoms with Crippen molar-refractivity contribution in [3.8, 4) is 5.88 Å². The zero-order valence-corrected chi connectivity index (χ0v) is 10.0. The van der Waals surface area contributed by atoms with E-state index >= 15 is 0 Å². The highest BCUT2D eigenvalue weighted by molar-refractivity contribution is 5.85. The lowest BCUT2D eigenvalue weighted by molar-refractivity contribution is 0.136. The summed E-state index contributed by atoms with van der Waals surface area (Å²) in [5, 5.41) is 4.42. The molecule has 1 atom stereocenters. The lowest BCUT2D eigenvalue weighted by Gasteiger charge is -2.10. The van der Waals surface area contributed by atoms with Crippen LogP contribution in [0.3, 0.4) is 0 Å². The van der Waals surface area contributed by atoms with E-state index in [1.807, 2.05) is 0 Å². The number of aromatic nitrogens is 1. The first-order valence-corrected chi connectivity index (χ1v) is 5.52. The fourth-order valence-electron chi connectivity index (χ4n) is 1.46. The van der Waals surface area contributed by atoms with Crippen LogP contribution in [0.1, 0.15) is 0 Å². The van der Waals surface area contributed by atoms with Crippen LogP contribution in [0.5, 0.6) is 5.88 Å². The Morgan fingerprint density at radius 3 is 2.95 bits per heavy atom. The van der Waals surface area contributed by atoms with Crippen LogP contribution in [0.2, 0.25) is 0 Å². The molecule has 0 saturated carbocycles. The normalized spacial score (nSPS) is 12.3. The van der Waals surface area contributed by atoms with Gasteiger partial charge >= 0.3 is 6.09 Å². The van der Waals surface area contributed by atoms with E-state index in [-0.39, 0.29) is 19.1 Å². The maximum atomic E-state index is 10.4. The molecule has 2 aromatic rings. The van der Waals surface area contributed by atoms with Gasteiger partial charge in [0, 0.05) is 5.69 Å². The number of amides is 1. The SMILES string of the molecule is NC(=O)OCC(N)COc1noc2ccc(N)cc12. The average Bonchev–Trinajstić information content (AvgIpc) is 2.76. The van der Waals surface area contributed by atoms with Gasteiger partial charge in [0.05, 0.1) is 11.4 Å². The van der Waals surface area contributed by atoms with Gasteiger partial charge in [-0.2, -0.15) is 0 Å². The molecule has 102 valence electrons. The highest BCUT2D eigenvalue weighted by Crippen LogP contribution is 2.26. The van der Waals surface area contributed by atoms with Crippen molar-refractivity contribution in [2.24, 2.45) is 11.5 Å². The molecular weight excluding hydrogens is 252 g/mol. The van der Waals surface area contributed by atoms with Gasteiger partial charge in [-0.05, 0) is 23.4 Å². The Morgan fingerprint density at radius 1 is 1.42 bits per heavy atom. The van der Waals surface area contributed by atoms with Crippen molar-refractivity contribution in [2.45, 2.75) is 6.04 Å². The number of nitrogens with two attached hydrogens (primary N) is 3. The van der Waals surface area contributed by atoms with Crippen molar-refractivity contribution in [1.82, 2.24) is 5.16 Å². The Bertz CT molecular complexity index is 583. The average molecular weight is 266 g/mol. The van der Waals surface area contributed by atoms with Crippen LogP contribution in [0, 0.1) is 0 Å². The molecule has 0 aliphatic rings. The first kappa shape index (κ1) is 13.0. The molecule has 0 spiro atoms. The van der Waals surface area contributed by atoms with Gasteiger partial charge in [-0.15, -0.1) is 0 Å². The second-order valence-electron chi connectivity index (χ2n) is 3.94. The number of rotatable bonds is 5. The molecule has 1 aromatic carbocycles. The number of anilines is 1. The van der Waals surface area contributed by atoms with Crippen LogP contribution in [0.4, 0.5) is 10.5 Å². The highest BCUT2D eigenvalue weighted by Gasteiger charge is 2.12. The summed E-state index contributed by atoms with van der Waals surface area (Å²) >= 11 is 0. The first-order chi connectivity index (χ1) is 9.06. The van der Waals surface area contributed by atoms with E-state index in [0.29, 0.717) is 16.7 Å². The summed E-state index contributed by atoms with van der Waals surface area (Å²) in [4.78, 5) is 10.4. The number of carbonyl (C=O) groups excluding carboxylic acids is 1. The monoisotopic (exact) mass is 266 g/mol. The number of fused-ring (bicyclic) bond motifs is 1. The number of hydrogen-bond acceptors (Lipinski definition) is 7. The van der Waals surface area contributed by atoms with Gasteiger partial charge in [0.1, 0.15) is 13.2 Å². The van der Waals surface area contributed by atoms with Gasteiger partial charge in [0.15, 0.2) is 5.58 Å². The number of primary amides is 1. The predicted molar refractivity (Wildman–Crippen MR) is 67.4 cm³/mol. The van der Waals surface area contributed by atoms with Crippen molar-refractivity contribution in [3.05, 3.63) is 18.2 Å². The summed E-state index contributed by atoms with van der Waals surface area (Å²) in [7, 11) is 0. The van der Waals surface area contributed by atoms with Gasteiger partial charge in [-0.3, -0.25) is 0 Å². The van der Waals surface area contributed by atoms with E-state index in [2.05, 4.69) is 9.89 Å². The Balaban J connectivity index is 1.98. The highest BCUT2D eigenvalue weighted by atomic mass is 16.6. The van der Waals surface area contributed by atoms with E-state index < -0.39 is 12.1 Å². The minimum atomic E-state index is -0.880. The second-order valence-corrected chi connectivity index (χ2v) is 3.94. The quantitative estimate of drug-likeness (QED) is 0.657. The number of nitrogen functional groups attached to an aromatic ring is 1. The number of nitrogens with zero attached hydrogens (tertiary/aromatic N) is 1. The lowest BCUT2D eigenvalue weighted by Crippen LogP contribution is -2.34. The molecule has 1 aromatic heterocycles. The Hall–Kier alpha value is -2.48. The molecule has 1 amide bonds. The Kier molecular flexibility index (Phi) is 3.71. The molecule has 0 aliphatic heterocycles. The minimum absolute atomic E-state index is 0.0345. The van der Waals surface area contributed by atoms with E-state index in [9.17, 15) is 4.79 Å². The summed E-state index contributed by atoms with van der Waals surface area (Å²) < 4.78 is 15.0. The molecule has 8 heteroatoms. The maximum absolute atomic E-state index is 10.4. The lowest BCUT2D eigenvalue weighted by atomic mass is 10.2. The molecule has 0 saturated heterocycles. The van der Waals surface area contributed by atoms with Crippen LogP contribution in [0.15, 0.2) is 22.7 Å². The van der Waals surface area contributed by atoms with Crippen LogP contribution in [-0.2, 0) is 4.74 Å². The fraction of sp³-hybridized carbons (Fsp3) is 0.273. The Labute approximate surface area is 108 Å². The van der Waals surface area contributed by atoms with Gasteiger partial charge in [0.2, 0.25) is 0 Å². The summed E-state index contributed by atoms with van der Waals surface area (Å²) in [6, 6.07) is 4.57. The molecule has 19 heavy (non-hydrogen) atoms. The van der Waals surface area contributed by atoms with E-state index in [1.165, 1.54) is 0 Å². The molecule has 1 heterocycles. The summed E-state index contributed by atoms with van der Waals surface area (Å²) in [5.74, 6) is 0.289. The number of carbonyl (C=O) groups is 1. The predicted octanol–water partition coefficient (Wildman–Crippen LogP) is 0.211. The molecular formula is C11H14N4O4. The van der Waals surface area contributed by atoms with E-state index in [1.54, 1.807) is 18.2 Å². The van der Waals surface area contributed by atoms with Crippen LogP contribution in [0.25, 0.3) is 11.0 Å². The van der Waals surface area contributed by atoms with Crippen molar-refractivity contribution in [2.75, 3.05) is 18.9 Å². The van der Waals surface area contributed by atoms with Gasteiger partial charge in [0.25, 0.3) is 5.88 Å². The van der Waals surface area contributed by atoms with Crippen molar-refractivity contribution >= 4 is 22.7 Å². The second kappa shape index (κ2) is 5.44. The largest absolute Gasteiger partial charge is 0.473 e. The van der Waals surface area contributed by atoms with Crippen LogP contribution in [-0.4, -0.2) is 30.5 Å². The molecule has 1 unspecified atom stereocenters. The molecule has 2 rings (SSSR count). The smallest absolute Gasteiger partial charge is 0.404 e. The van der Waals surface area contributed by atoms with Gasteiger partial charge in [-0.1, -0.05) is 0 Å². The zero-order chi connectivity index (χ0) is 13.8. The van der Waals surface area contributed by atoms with Gasteiger partial charge < -0.3 is 31.2 Å². The van der Waals surface area contributed by atoms with Gasteiger partial charge in [-0.25, -0.2) is 4.79 Å². The molecule has 6 N–H and O–H groups in total. The maximum Gasteiger partial charge on any atom is 0.404 e. The minimum Gasteiger partial charge on any atom is -0.473 e. The van der Waals surface area contributed by atoms with Crippen molar-refractivity contribution in [1.29, 1.82) is 0 Å². The topological polar surface area (TPSA) is 140 Å². The standard InChI is InChI=1S/C11H14N4O4/c12-6-1-2-9-8(3-6)10(15-19-9)17-4-7(13)5-18-11(14)16/h1-3,7H,4-5,12-13H2,(H2,14,16). The molecule has 8 nitrogen and oxygen atoms in total. The molecule has 0 aliphatic carbocycles. The molecule has 0 bridgehead atoms. The van der Waals surface area contributed by atoms with Crippen LogP contribution >= 0.6 is 0 Å².